The second-order valence-corrected chi connectivity index (χ2v) is 3.51. The van der Waals surface area contributed by atoms with Gasteiger partial charge >= 0.3 is 0 Å². The minimum Gasteiger partial charge on any atom is -0.385 e. The maximum atomic E-state index is 4.97. The Morgan fingerprint density at radius 3 is 3.06 bits per heavy atom. The highest BCUT2D eigenvalue weighted by Gasteiger charge is 2.02. The van der Waals surface area contributed by atoms with E-state index in [1.807, 2.05) is 19.1 Å². The summed E-state index contributed by atoms with van der Waals surface area (Å²) in [5.41, 5.74) is 0.764. The Morgan fingerprint density at radius 1 is 1.38 bits per heavy atom. The number of nitrogens with one attached hydrogen (secondary N) is 1. The van der Waals surface area contributed by atoms with Crippen molar-refractivity contribution in [1.29, 1.82) is 0 Å². The van der Waals surface area contributed by atoms with E-state index in [0.717, 1.165) is 36.9 Å². The molecular formula is C10H15N5O. The lowest BCUT2D eigenvalue weighted by Crippen LogP contribution is -2.08. The first kappa shape index (κ1) is 10.8. The molecule has 0 aromatic carbocycles. The van der Waals surface area contributed by atoms with Crippen LogP contribution in [0, 0.1) is 6.92 Å². The molecule has 2 aromatic heterocycles. The van der Waals surface area contributed by atoms with E-state index in [1.54, 1.807) is 11.6 Å². The minimum atomic E-state index is 0.751. The van der Waals surface area contributed by atoms with Gasteiger partial charge in [-0.2, -0.15) is 4.52 Å². The zero-order valence-corrected chi connectivity index (χ0v) is 9.47. The van der Waals surface area contributed by atoms with Gasteiger partial charge in [-0.1, -0.05) is 0 Å². The van der Waals surface area contributed by atoms with E-state index in [1.165, 1.54) is 0 Å². The van der Waals surface area contributed by atoms with Crippen LogP contribution in [-0.4, -0.2) is 40.1 Å². The van der Waals surface area contributed by atoms with E-state index >= 15 is 0 Å². The summed E-state index contributed by atoms with van der Waals surface area (Å²) in [6, 6.07) is 3.79. The summed E-state index contributed by atoms with van der Waals surface area (Å²) in [6.45, 7) is 3.47. The Bertz CT molecular complexity index is 467. The fraction of sp³-hybridized carbons (Fsp3) is 0.500. The highest BCUT2D eigenvalue weighted by molar-refractivity contribution is 5.43. The molecule has 0 atom stereocenters. The van der Waals surface area contributed by atoms with E-state index in [9.17, 15) is 0 Å². The molecule has 0 aliphatic heterocycles. The number of hydrogen-bond acceptors (Lipinski definition) is 5. The van der Waals surface area contributed by atoms with Gasteiger partial charge in [-0.05, 0) is 25.5 Å². The Balaban J connectivity index is 2.04. The summed E-state index contributed by atoms with van der Waals surface area (Å²) >= 11 is 0. The molecule has 0 unspecified atom stereocenters. The lowest BCUT2D eigenvalue weighted by molar-refractivity contribution is 0.197. The highest BCUT2D eigenvalue weighted by Crippen LogP contribution is 2.06. The van der Waals surface area contributed by atoms with Crippen LogP contribution in [-0.2, 0) is 4.74 Å². The van der Waals surface area contributed by atoms with Gasteiger partial charge in [0, 0.05) is 20.3 Å². The molecule has 16 heavy (non-hydrogen) atoms. The number of hydrogen-bond donors (Lipinski definition) is 1. The van der Waals surface area contributed by atoms with Crippen LogP contribution in [0.2, 0.25) is 0 Å². The van der Waals surface area contributed by atoms with Crippen LogP contribution in [0.3, 0.4) is 0 Å². The molecule has 2 heterocycles. The Hall–Kier alpha value is -1.69. The fourth-order valence-corrected chi connectivity index (χ4v) is 1.42. The quantitative estimate of drug-likeness (QED) is 0.759. The average molecular weight is 221 g/mol. The lowest BCUT2D eigenvalue weighted by atomic mass is 10.4. The van der Waals surface area contributed by atoms with Crippen molar-refractivity contribution in [3.63, 3.8) is 0 Å². The molecule has 2 aromatic rings. The highest BCUT2D eigenvalue weighted by atomic mass is 16.5. The largest absolute Gasteiger partial charge is 0.385 e. The van der Waals surface area contributed by atoms with Crippen molar-refractivity contribution in [3.05, 3.63) is 18.0 Å². The van der Waals surface area contributed by atoms with Crippen LogP contribution in [0.4, 0.5) is 5.82 Å². The summed E-state index contributed by atoms with van der Waals surface area (Å²) in [5, 5.41) is 15.5. The van der Waals surface area contributed by atoms with Crippen molar-refractivity contribution in [2.45, 2.75) is 13.3 Å². The van der Waals surface area contributed by atoms with Crippen LogP contribution >= 0.6 is 0 Å². The molecule has 0 radical (unpaired) electrons. The van der Waals surface area contributed by atoms with Crippen LogP contribution in [0.15, 0.2) is 12.1 Å². The van der Waals surface area contributed by atoms with Crippen molar-refractivity contribution >= 4 is 11.5 Å². The number of aryl methyl sites for hydroxylation is 1. The summed E-state index contributed by atoms with van der Waals surface area (Å²) in [5.74, 6) is 1.61. The number of rotatable bonds is 5. The molecule has 0 aliphatic carbocycles. The van der Waals surface area contributed by atoms with Crippen LogP contribution in [0.1, 0.15) is 12.2 Å². The molecule has 0 saturated heterocycles. The van der Waals surface area contributed by atoms with E-state index in [2.05, 4.69) is 20.6 Å². The van der Waals surface area contributed by atoms with Crippen LogP contribution in [0.25, 0.3) is 5.65 Å². The van der Waals surface area contributed by atoms with Crippen molar-refractivity contribution in [1.82, 2.24) is 19.8 Å². The Kier molecular flexibility index (Phi) is 3.31. The normalized spacial score (nSPS) is 10.9. The van der Waals surface area contributed by atoms with E-state index in [0.29, 0.717) is 0 Å². The van der Waals surface area contributed by atoms with Gasteiger partial charge in [-0.3, -0.25) is 0 Å². The van der Waals surface area contributed by atoms with Gasteiger partial charge in [-0.25, -0.2) is 0 Å². The maximum Gasteiger partial charge on any atom is 0.178 e. The standard InChI is InChI=1S/C10H15N5O/c1-8-12-13-10-5-4-9(14-15(8)10)11-6-3-7-16-2/h4-5H,3,6-7H2,1-2H3,(H,11,14). The van der Waals surface area contributed by atoms with Gasteiger partial charge in [0.25, 0.3) is 0 Å². The Labute approximate surface area is 93.6 Å². The van der Waals surface area contributed by atoms with Gasteiger partial charge in [0.15, 0.2) is 11.5 Å². The summed E-state index contributed by atoms with van der Waals surface area (Å²) in [7, 11) is 1.70. The molecule has 0 fully saturated rings. The van der Waals surface area contributed by atoms with Crippen molar-refractivity contribution < 1.29 is 4.74 Å². The van der Waals surface area contributed by atoms with Crippen molar-refractivity contribution in [2.75, 3.05) is 25.6 Å². The maximum absolute atomic E-state index is 4.97. The third-order valence-corrected chi connectivity index (χ3v) is 2.25. The molecule has 0 saturated carbocycles. The molecule has 0 amide bonds. The smallest absolute Gasteiger partial charge is 0.178 e. The molecule has 6 nitrogen and oxygen atoms in total. The second kappa shape index (κ2) is 4.89. The second-order valence-electron chi connectivity index (χ2n) is 3.51. The van der Waals surface area contributed by atoms with Gasteiger partial charge < -0.3 is 10.1 Å². The molecule has 0 aliphatic rings. The molecule has 2 rings (SSSR count). The third kappa shape index (κ3) is 2.27. The first-order valence-electron chi connectivity index (χ1n) is 5.23. The topological polar surface area (TPSA) is 64.3 Å². The third-order valence-electron chi connectivity index (χ3n) is 2.25. The van der Waals surface area contributed by atoms with E-state index in [4.69, 9.17) is 4.74 Å². The van der Waals surface area contributed by atoms with E-state index in [-0.39, 0.29) is 0 Å². The minimum absolute atomic E-state index is 0.751. The number of ether oxygens (including phenoxy) is 1. The number of anilines is 1. The van der Waals surface area contributed by atoms with Gasteiger partial charge in [0.1, 0.15) is 5.82 Å². The number of aromatic nitrogens is 4. The van der Waals surface area contributed by atoms with Crippen molar-refractivity contribution in [2.24, 2.45) is 0 Å². The van der Waals surface area contributed by atoms with Crippen LogP contribution in [0.5, 0.6) is 0 Å². The first-order chi connectivity index (χ1) is 7.81. The monoisotopic (exact) mass is 221 g/mol. The SMILES string of the molecule is COCCCNc1ccc2nnc(C)n2n1. The molecular weight excluding hydrogens is 206 g/mol. The molecule has 0 spiro atoms. The Morgan fingerprint density at radius 2 is 2.25 bits per heavy atom. The molecule has 86 valence electrons. The fourth-order valence-electron chi connectivity index (χ4n) is 1.42. The summed E-state index contributed by atoms with van der Waals surface area (Å²) in [4.78, 5) is 0. The van der Waals surface area contributed by atoms with E-state index < -0.39 is 0 Å². The van der Waals surface area contributed by atoms with Crippen molar-refractivity contribution in [3.8, 4) is 0 Å². The summed E-state index contributed by atoms with van der Waals surface area (Å²) in [6.07, 6.45) is 0.956. The van der Waals surface area contributed by atoms with Gasteiger partial charge in [0.2, 0.25) is 0 Å². The molecule has 6 heteroatoms. The van der Waals surface area contributed by atoms with Crippen LogP contribution < -0.4 is 5.32 Å². The molecule has 0 bridgehead atoms. The lowest BCUT2D eigenvalue weighted by Gasteiger charge is -2.05. The van der Waals surface area contributed by atoms with Gasteiger partial charge in [-0.15, -0.1) is 15.3 Å². The molecule has 1 N–H and O–H groups in total. The average Bonchev–Trinajstić information content (AvgIpc) is 2.67. The zero-order chi connectivity index (χ0) is 11.4. The summed E-state index contributed by atoms with van der Waals surface area (Å²) < 4.78 is 6.69. The number of fused-ring (bicyclic) bond motifs is 1. The first-order valence-corrected chi connectivity index (χ1v) is 5.23. The number of nitrogens with zero attached hydrogens (tertiary/aromatic N) is 4. The zero-order valence-electron chi connectivity index (χ0n) is 9.47. The predicted octanol–water partition coefficient (Wildman–Crippen LogP) is 0.881. The number of methoxy groups -OCH3 is 1. The van der Waals surface area contributed by atoms with Gasteiger partial charge in [0.05, 0.1) is 0 Å². The predicted molar refractivity (Wildman–Crippen MR) is 60.5 cm³/mol.